The highest BCUT2D eigenvalue weighted by Crippen LogP contribution is 2.25. The Morgan fingerprint density at radius 2 is 2.20 bits per heavy atom. The first-order chi connectivity index (χ1) is 9.59. The first-order valence-corrected chi connectivity index (χ1v) is 8.21. The maximum atomic E-state index is 13.4. The third-order valence-electron chi connectivity index (χ3n) is 2.90. The maximum Gasteiger partial charge on any atom is 0.327 e. The highest BCUT2D eigenvalue weighted by atomic mass is 32.2. The number of nitrogens with zero attached hydrogens (tertiary/aromatic N) is 1. The minimum Gasteiger partial charge on any atom is -0.480 e. The molecule has 1 atom stereocenters. The van der Waals surface area contributed by atoms with Crippen LogP contribution < -0.4 is 0 Å². The van der Waals surface area contributed by atoms with E-state index in [2.05, 4.69) is 0 Å². The van der Waals surface area contributed by atoms with E-state index in [0.717, 1.165) is 0 Å². The molecule has 0 aliphatic carbocycles. The zero-order chi connectivity index (χ0) is 14.5. The molecule has 7 heteroatoms. The number of hydrogen-bond acceptors (Lipinski definition) is 4. The van der Waals surface area contributed by atoms with E-state index in [1.807, 2.05) is 0 Å². The van der Waals surface area contributed by atoms with Crippen LogP contribution in [0.5, 0.6) is 0 Å². The van der Waals surface area contributed by atoms with Crippen LogP contribution in [-0.2, 0) is 9.59 Å². The lowest BCUT2D eigenvalue weighted by Crippen LogP contribution is -2.41. The van der Waals surface area contributed by atoms with Gasteiger partial charge in [-0.2, -0.15) is 0 Å². The Bertz CT molecular complexity index is 512. The Balaban J connectivity index is 1.84. The van der Waals surface area contributed by atoms with Gasteiger partial charge in [-0.05, 0) is 12.1 Å². The molecule has 0 aromatic heterocycles. The predicted molar refractivity (Wildman–Crippen MR) is 77.3 cm³/mol. The van der Waals surface area contributed by atoms with Crippen molar-refractivity contribution < 1.29 is 19.1 Å². The van der Waals surface area contributed by atoms with Gasteiger partial charge in [-0.1, -0.05) is 12.1 Å². The predicted octanol–water partition coefficient (Wildman–Crippen LogP) is 2.29. The van der Waals surface area contributed by atoms with Crippen molar-refractivity contribution in [1.29, 1.82) is 0 Å². The molecule has 1 amide bonds. The first kappa shape index (κ1) is 15.2. The fraction of sp³-hybridized carbons (Fsp3) is 0.385. The first-order valence-electron chi connectivity index (χ1n) is 6.07. The zero-order valence-corrected chi connectivity index (χ0v) is 12.3. The lowest BCUT2D eigenvalue weighted by Gasteiger charge is -2.20. The number of benzene rings is 1. The molecular formula is C13H14FNO3S2. The van der Waals surface area contributed by atoms with Crippen molar-refractivity contribution in [3.63, 3.8) is 0 Å². The molecule has 1 heterocycles. The zero-order valence-electron chi connectivity index (χ0n) is 10.6. The van der Waals surface area contributed by atoms with E-state index in [-0.39, 0.29) is 18.1 Å². The van der Waals surface area contributed by atoms with Crippen LogP contribution >= 0.6 is 23.5 Å². The van der Waals surface area contributed by atoms with Crippen molar-refractivity contribution in [3.05, 3.63) is 30.1 Å². The summed E-state index contributed by atoms with van der Waals surface area (Å²) in [6.45, 7) is 0. The fourth-order valence-corrected chi connectivity index (χ4v) is 3.90. The molecule has 1 N–H and O–H groups in total. The lowest BCUT2D eigenvalue weighted by molar-refractivity contribution is -0.147. The maximum absolute atomic E-state index is 13.4. The van der Waals surface area contributed by atoms with Crippen molar-refractivity contribution in [2.75, 3.05) is 17.4 Å². The molecule has 1 aromatic rings. The number of hydrogen-bond donors (Lipinski definition) is 1. The van der Waals surface area contributed by atoms with Gasteiger partial charge in [-0.25, -0.2) is 9.18 Å². The molecule has 1 aliphatic heterocycles. The van der Waals surface area contributed by atoms with Crippen molar-refractivity contribution >= 4 is 35.4 Å². The molecule has 1 fully saturated rings. The van der Waals surface area contributed by atoms with Gasteiger partial charge in [0.1, 0.15) is 11.9 Å². The minimum absolute atomic E-state index is 0.189. The largest absolute Gasteiger partial charge is 0.480 e. The third-order valence-corrected chi connectivity index (χ3v) is 4.96. The van der Waals surface area contributed by atoms with Gasteiger partial charge in [0.15, 0.2) is 0 Å². The van der Waals surface area contributed by atoms with Crippen molar-refractivity contribution in [2.24, 2.45) is 0 Å². The van der Waals surface area contributed by atoms with E-state index >= 15 is 0 Å². The molecule has 1 saturated heterocycles. The topological polar surface area (TPSA) is 57.6 Å². The summed E-state index contributed by atoms with van der Waals surface area (Å²) in [4.78, 5) is 24.9. The molecule has 1 aliphatic rings. The van der Waals surface area contributed by atoms with E-state index in [4.69, 9.17) is 5.11 Å². The van der Waals surface area contributed by atoms with Crippen LogP contribution in [0.15, 0.2) is 29.2 Å². The summed E-state index contributed by atoms with van der Waals surface area (Å²) >= 11 is 2.70. The molecule has 0 saturated carbocycles. The average molecular weight is 315 g/mol. The van der Waals surface area contributed by atoms with Crippen molar-refractivity contribution in [2.45, 2.75) is 17.4 Å². The van der Waals surface area contributed by atoms with Crippen LogP contribution in [0.4, 0.5) is 4.39 Å². The monoisotopic (exact) mass is 315 g/mol. The summed E-state index contributed by atoms with van der Waals surface area (Å²) in [5.74, 6) is -0.170. The summed E-state index contributed by atoms with van der Waals surface area (Å²) in [5, 5.41) is 9.01. The van der Waals surface area contributed by atoms with Crippen LogP contribution in [0.25, 0.3) is 0 Å². The minimum atomic E-state index is -0.967. The number of rotatable bonds is 5. The second kappa shape index (κ2) is 6.99. The van der Waals surface area contributed by atoms with Gasteiger partial charge in [-0.15, -0.1) is 23.5 Å². The Hall–Kier alpha value is -1.21. The highest BCUT2D eigenvalue weighted by Gasteiger charge is 2.33. The number of carboxylic acids is 1. The standard InChI is InChI=1S/C13H14FNO3S2/c14-9-3-1-2-4-11(9)20-6-5-12(16)15-8-19-7-10(15)13(17)18/h1-4,10H,5-8H2,(H,17,18)/t10-/m0/s1. The van der Waals surface area contributed by atoms with E-state index in [1.54, 1.807) is 18.2 Å². The second-order valence-corrected chi connectivity index (χ2v) is 6.38. The van der Waals surface area contributed by atoms with Crippen LogP contribution in [-0.4, -0.2) is 45.3 Å². The van der Waals surface area contributed by atoms with Crippen LogP contribution in [0.1, 0.15) is 6.42 Å². The van der Waals surface area contributed by atoms with E-state index in [9.17, 15) is 14.0 Å². The van der Waals surface area contributed by atoms with Crippen molar-refractivity contribution in [3.8, 4) is 0 Å². The third kappa shape index (κ3) is 3.67. The van der Waals surface area contributed by atoms with Crippen LogP contribution in [0.2, 0.25) is 0 Å². The summed E-state index contributed by atoms with van der Waals surface area (Å²) < 4.78 is 13.4. The number of carboxylic acid groups (broad SMARTS) is 1. The summed E-state index contributed by atoms with van der Waals surface area (Å²) in [7, 11) is 0. The quantitative estimate of drug-likeness (QED) is 0.845. The number of halogens is 1. The molecule has 2 rings (SSSR count). The SMILES string of the molecule is O=C(O)[C@@H]1CSCN1C(=O)CCSc1ccccc1F. The summed E-state index contributed by atoms with van der Waals surface area (Å²) in [6.07, 6.45) is 0.212. The second-order valence-electron chi connectivity index (χ2n) is 4.25. The van der Waals surface area contributed by atoms with Gasteiger partial charge in [0, 0.05) is 22.8 Å². The average Bonchev–Trinajstić information content (AvgIpc) is 2.90. The van der Waals surface area contributed by atoms with Gasteiger partial charge in [-0.3, -0.25) is 4.79 Å². The Morgan fingerprint density at radius 3 is 2.90 bits per heavy atom. The smallest absolute Gasteiger partial charge is 0.327 e. The fourth-order valence-electron chi connectivity index (χ4n) is 1.85. The lowest BCUT2D eigenvalue weighted by atomic mass is 10.3. The van der Waals surface area contributed by atoms with E-state index in [0.29, 0.717) is 22.3 Å². The van der Waals surface area contributed by atoms with Gasteiger partial charge in [0.05, 0.1) is 5.88 Å². The molecular weight excluding hydrogens is 301 g/mol. The van der Waals surface area contributed by atoms with Crippen molar-refractivity contribution in [1.82, 2.24) is 4.90 Å². The molecule has 4 nitrogen and oxygen atoms in total. The van der Waals surface area contributed by atoms with E-state index < -0.39 is 12.0 Å². The van der Waals surface area contributed by atoms with Crippen LogP contribution in [0, 0.1) is 5.82 Å². The molecule has 0 spiro atoms. The van der Waals surface area contributed by atoms with Crippen LogP contribution in [0.3, 0.4) is 0 Å². The van der Waals surface area contributed by atoms with E-state index in [1.165, 1.54) is 34.5 Å². The Morgan fingerprint density at radius 1 is 1.45 bits per heavy atom. The number of amides is 1. The summed E-state index contributed by atoms with van der Waals surface area (Å²) in [5.41, 5.74) is 0. The highest BCUT2D eigenvalue weighted by molar-refractivity contribution is 7.99. The molecule has 108 valence electrons. The number of thioether (sulfide) groups is 2. The summed E-state index contributed by atoms with van der Waals surface area (Å²) in [6, 6.07) is 5.66. The van der Waals surface area contributed by atoms with Gasteiger partial charge in [0.2, 0.25) is 5.91 Å². The number of carbonyl (C=O) groups is 2. The number of aliphatic carboxylic acids is 1. The number of carbonyl (C=O) groups excluding carboxylic acids is 1. The Kier molecular flexibility index (Phi) is 5.31. The molecule has 1 aromatic carbocycles. The Labute approximate surface area is 124 Å². The normalized spacial score (nSPS) is 18.2. The molecule has 0 bridgehead atoms. The molecule has 0 unspecified atom stereocenters. The molecule has 20 heavy (non-hydrogen) atoms. The van der Waals surface area contributed by atoms with Gasteiger partial charge in [0.25, 0.3) is 0 Å². The van der Waals surface area contributed by atoms with Gasteiger partial charge < -0.3 is 10.0 Å². The van der Waals surface area contributed by atoms with Gasteiger partial charge >= 0.3 is 5.97 Å². The molecule has 0 radical (unpaired) electrons.